The average Bonchev–Trinajstić information content (AvgIpc) is 2.63. The zero-order valence-electron chi connectivity index (χ0n) is 15.4. The summed E-state index contributed by atoms with van der Waals surface area (Å²) in [5, 5.41) is 0.503. The van der Waals surface area contributed by atoms with Crippen LogP contribution in [0.5, 0.6) is 0 Å². The number of nitrogens with one attached hydrogen (secondary N) is 1. The molecule has 1 saturated heterocycles. The Kier molecular flexibility index (Phi) is 5.85. The Morgan fingerprint density at radius 1 is 1.26 bits per heavy atom. The first-order valence-corrected chi connectivity index (χ1v) is 8.99. The Bertz CT molecular complexity index is 884. The summed E-state index contributed by atoms with van der Waals surface area (Å²) in [4.78, 5) is 44.8. The fourth-order valence-electron chi connectivity index (χ4n) is 3.16. The monoisotopic (exact) mass is 373 g/mol. The van der Waals surface area contributed by atoms with Crippen LogP contribution in [-0.2, 0) is 25.5 Å². The predicted octanol–water partition coefficient (Wildman–Crippen LogP) is 1.03. The molecular weight excluding hydrogens is 350 g/mol. The van der Waals surface area contributed by atoms with E-state index in [0.717, 1.165) is 0 Å². The molecule has 1 aliphatic heterocycles. The zero-order chi connectivity index (χ0) is 19.4. The van der Waals surface area contributed by atoms with Crippen molar-refractivity contribution in [3.8, 4) is 0 Å². The number of ether oxygens (including phenoxy) is 2. The topological polar surface area (TPSA) is 102 Å². The van der Waals surface area contributed by atoms with Crippen molar-refractivity contribution in [1.29, 1.82) is 0 Å². The molecule has 0 spiro atoms. The number of carbonyl (C=O) groups excluding carboxylic acids is 2. The average molecular weight is 373 g/mol. The Labute approximate surface area is 156 Å². The number of para-hydroxylation sites is 1. The SMILES string of the molecule is C[C@H]1CN(C(=O)COC(=O)CCc2nc3ccccc3c(=O)[nH]2)C[C@H](C)O1. The molecule has 0 radical (unpaired) electrons. The van der Waals surface area contributed by atoms with Gasteiger partial charge in [0.25, 0.3) is 11.5 Å². The molecule has 0 aliphatic carbocycles. The number of aromatic nitrogens is 2. The van der Waals surface area contributed by atoms with Crippen LogP contribution in [0.2, 0.25) is 0 Å². The third-order valence-electron chi connectivity index (χ3n) is 4.36. The van der Waals surface area contributed by atoms with E-state index in [2.05, 4.69) is 9.97 Å². The van der Waals surface area contributed by atoms with Gasteiger partial charge in [0.05, 0.1) is 29.5 Å². The number of aryl methyl sites for hydroxylation is 1. The lowest BCUT2D eigenvalue weighted by Crippen LogP contribution is -2.49. The predicted molar refractivity (Wildman–Crippen MR) is 98.2 cm³/mol. The van der Waals surface area contributed by atoms with Gasteiger partial charge in [-0.15, -0.1) is 0 Å². The van der Waals surface area contributed by atoms with Gasteiger partial charge in [-0.05, 0) is 26.0 Å². The van der Waals surface area contributed by atoms with E-state index in [4.69, 9.17) is 9.47 Å². The van der Waals surface area contributed by atoms with E-state index in [1.165, 1.54) is 0 Å². The van der Waals surface area contributed by atoms with Gasteiger partial charge < -0.3 is 19.4 Å². The van der Waals surface area contributed by atoms with E-state index in [1.54, 1.807) is 29.2 Å². The van der Waals surface area contributed by atoms with Crippen molar-refractivity contribution >= 4 is 22.8 Å². The highest BCUT2D eigenvalue weighted by atomic mass is 16.5. The Hall–Kier alpha value is -2.74. The molecule has 144 valence electrons. The lowest BCUT2D eigenvalue weighted by molar-refractivity contribution is -0.157. The maximum Gasteiger partial charge on any atom is 0.306 e. The van der Waals surface area contributed by atoms with E-state index in [9.17, 15) is 14.4 Å². The molecule has 2 atom stereocenters. The fourth-order valence-corrected chi connectivity index (χ4v) is 3.16. The second-order valence-electron chi connectivity index (χ2n) is 6.75. The molecule has 1 fully saturated rings. The molecule has 2 heterocycles. The largest absolute Gasteiger partial charge is 0.456 e. The first kappa shape index (κ1) is 19.0. The molecule has 1 aliphatic rings. The van der Waals surface area contributed by atoms with Gasteiger partial charge in [0.2, 0.25) is 0 Å². The number of hydrogen-bond donors (Lipinski definition) is 1. The first-order chi connectivity index (χ1) is 12.9. The number of nitrogens with zero attached hydrogens (tertiary/aromatic N) is 2. The summed E-state index contributed by atoms with van der Waals surface area (Å²) in [7, 11) is 0. The number of benzene rings is 1. The lowest BCUT2D eigenvalue weighted by Gasteiger charge is -2.35. The maximum atomic E-state index is 12.2. The maximum absolute atomic E-state index is 12.2. The minimum atomic E-state index is -0.506. The van der Waals surface area contributed by atoms with Gasteiger partial charge in [-0.3, -0.25) is 14.4 Å². The molecule has 2 aromatic rings. The quantitative estimate of drug-likeness (QED) is 0.786. The summed E-state index contributed by atoms with van der Waals surface area (Å²) in [5.74, 6) is -0.325. The summed E-state index contributed by atoms with van der Waals surface area (Å²) in [5.41, 5.74) is 0.338. The molecule has 0 bridgehead atoms. The van der Waals surface area contributed by atoms with Gasteiger partial charge >= 0.3 is 5.97 Å². The molecule has 3 rings (SSSR count). The second kappa shape index (κ2) is 8.30. The number of carbonyl (C=O) groups is 2. The van der Waals surface area contributed by atoms with Crippen molar-refractivity contribution in [2.24, 2.45) is 0 Å². The Balaban J connectivity index is 1.50. The van der Waals surface area contributed by atoms with Crippen molar-refractivity contribution < 1.29 is 19.1 Å². The molecule has 1 aromatic carbocycles. The molecule has 27 heavy (non-hydrogen) atoms. The summed E-state index contributed by atoms with van der Waals surface area (Å²) in [6, 6.07) is 7.00. The molecule has 8 heteroatoms. The molecule has 1 aromatic heterocycles. The lowest BCUT2D eigenvalue weighted by atomic mass is 10.2. The minimum absolute atomic E-state index is 0.0322. The molecule has 8 nitrogen and oxygen atoms in total. The fraction of sp³-hybridized carbons (Fsp3) is 0.474. The molecule has 1 N–H and O–H groups in total. The van der Waals surface area contributed by atoms with Gasteiger partial charge in [-0.25, -0.2) is 4.98 Å². The van der Waals surface area contributed by atoms with Crippen molar-refractivity contribution in [2.75, 3.05) is 19.7 Å². The Morgan fingerprint density at radius 2 is 1.96 bits per heavy atom. The third-order valence-corrected chi connectivity index (χ3v) is 4.36. The number of amides is 1. The number of fused-ring (bicyclic) bond motifs is 1. The number of esters is 1. The van der Waals surface area contributed by atoms with Gasteiger partial charge in [0.15, 0.2) is 6.61 Å². The van der Waals surface area contributed by atoms with Crippen LogP contribution in [-0.4, -0.2) is 58.6 Å². The second-order valence-corrected chi connectivity index (χ2v) is 6.75. The van der Waals surface area contributed by atoms with Gasteiger partial charge in [-0.1, -0.05) is 12.1 Å². The number of morpholine rings is 1. The van der Waals surface area contributed by atoms with E-state index >= 15 is 0 Å². The summed E-state index contributed by atoms with van der Waals surface area (Å²) in [6.45, 7) is 4.49. The van der Waals surface area contributed by atoms with Crippen LogP contribution in [0.15, 0.2) is 29.1 Å². The number of hydrogen-bond acceptors (Lipinski definition) is 6. The molecule has 1 amide bonds. The Morgan fingerprint density at radius 3 is 2.70 bits per heavy atom. The van der Waals surface area contributed by atoms with E-state index in [1.807, 2.05) is 13.8 Å². The van der Waals surface area contributed by atoms with E-state index in [-0.39, 0.29) is 43.1 Å². The van der Waals surface area contributed by atoms with Crippen LogP contribution in [0.1, 0.15) is 26.1 Å². The minimum Gasteiger partial charge on any atom is -0.456 e. The van der Waals surface area contributed by atoms with Crippen LogP contribution >= 0.6 is 0 Å². The van der Waals surface area contributed by atoms with Gasteiger partial charge in [0.1, 0.15) is 5.82 Å². The molecular formula is C19H23N3O5. The van der Waals surface area contributed by atoms with Crippen molar-refractivity contribution in [1.82, 2.24) is 14.9 Å². The van der Waals surface area contributed by atoms with Crippen LogP contribution < -0.4 is 5.56 Å². The van der Waals surface area contributed by atoms with E-state index < -0.39 is 5.97 Å². The summed E-state index contributed by atoms with van der Waals surface area (Å²) >= 11 is 0. The third kappa shape index (κ3) is 4.91. The highest BCUT2D eigenvalue weighted by Gasteiger charge is 2.26. The highest BCUT2D eigenvalue weighted by molar-refractivity contribution is 5.81. The van der Waals surface area contributed by atoms with Gasteiger partial charge in [0, 0.05) is 19.5 Å². The van der Waals surface area contributed by atoms with Crippen LogP contribution in [0, 0.1) is 0 Å². The normalized spacial score (nSPS) is 19.9. The van der Waals surface area contributed by atoms with Gasteiger partial charge in [-0.2, -0.15) is 0 Å². The van der Waals surface area contributed by atoms with Crippen LogP contribution in [0.4, 0.5) is 0 Å². The van der Waals surface area contributed by atoms with E-state index in [0.29, 0.717) is 29.8 Å². The smallest absolute Gasteiger partial charge is 0.306 e. The molecule has 0 saturated carbocycles. The van der Waals surface area contributed by atoms with Crippen LogP contribution in [0.25, 0.3) is 10.9 Å². The first-order valence-electron chi connectivity index (χ1n) is 8.99. The standard InChI is InChI=1S/C19H23N3O5/c1-12-9-22(10-13(2)27-12)17(23)11-26-18(24)8-7-16-20-15-6-4-3-5-14(15)19(25)21-16/h3-6,12-13H,7-11H2,1-2H3,(H,20,21,25)/t12-,13-/m0/s1. The number of rotatable bonds is 5. The molecule has 0 unspecified atom stereocenters. The highest BCUT2D eigenvalue weighted by Crippen LogP contribution is 2.11. The zero-order valence-corrected chi connectivity index (χ0v) is 15.4. The number of aromatic amines is 1. The summed E-state index contributed by atoms with van der Waals surface area (Å²) < 4.78 is 10.7. The van der Waals surface area contributed by atoms with Crippen molar-refractivity contribution in [3.63, 3.8) is 0 Å². The number of H-pyrrole nitrogens is 1. The van der Waals surface area contributed by atoms with Crippen molar-refractivity contribution in [2.45, 2.75) is 38.9 Å². The summed E-state index contributed by atoms with van der Waals surface area (Å²) in [6.07, 6.45) is 0.192. The van der Waals surface area contributed by atoms with Crippen LogP contribution in [0.3, 0.4) is 0 Å². The van der Waals surface area contributed by atoms with Crippen molar-refractivity contribution in [3.05, 3.63) is 40.4 Å².